The molecule has 2 fully saturated rings. The smallest absolute Gasteiger partial charge is 0.282 e. The zero-order valence-electron chi connectivity index (χ0n) is 22.2. The van der Waals surface area contributed by atoms with Gasteiger partial charge in [-0.15, -0.1) is 0 Å². The number of phenols is 1. The molecule has 0 spiro atoms. The van der Waals surface area contributed by atoms with Gasteiger partial charge < -0.3 is 24.5 Å². The number of aromatic hydroxyl groups is 1. The first-order valence-electron chi connectivity index (χ1n) is 13.2. The molecule has 2 aliphatic heterocycles. The summed E-state index contributed by atoms with van der Waals surface area (Å²) in [5, 5.41) is 19.7. The summed E-state index contributed by atoms with van der Waals surface area (Å²) in [4.78, 5) is 27.2. The molecule has 4 heterocycles. The van der Waals surface area contributed by atoms with E-state index in [1.807, 2.05) is 4.90 Å². The zero-order valence-corrected chi connectivity index (χ0v) is 22.2. The van der Waals surface area contributed by atoms with Crippen LogP contribution in [-0.4, -0.2) is 82.7 Å². The second kappa shape index (κ2) is 11.4. The van der Waals surface area contributed by atoms with E-state index in [4.69, 9.17) is 4.74 Å². The molecule has 40 heavy (non-hydrogen) atoms. The number of nitriles is 1. The number of anilines is 1. The van der Waals surface area contributed by atoms with Gasteiger partial charge >= 0.3 is 0 Å². The van der Waals surface area contributed by atoms with E-state index in [0.29, 0.717) is 41.3 Å². The Labute approximate surface area is 230 Å². The third-order valence-corrected chi connectivity index (χ3v) is 7.62. The number of hydrogen-bond donors (Lipinski definition) is 1. The van der Waals surface area contributed by atoms with Gasteiger partial charge in [0.15, 0.2) is 5.83 Å². The molecule has 2 atom stereocenters. The Bertz CT molecular complexity index is 1470. The van der Waals surface area contributed by atoms with E-state index in [2.05, 4.69) is 34.6 Å². The number of likely N-dealkylation sites (N-methyl/N-ethyl adjacent to an activating group) is 1. The summed E-state index contributed by atoms with van der Waals surface area (Å²) in [6, 6.07) is 9.29. The number of likely N-dealkylation sites (tertiary alicyclic amines) is 1. The van der Waals surface area contributed by atoms with Gasteiger partial charge in [-0.05, 0) is 44.6 Å². The third kappa shape index (κ3) is 5.40. The van der Waals surface area contributed by atoms with Crippen molar-refractivity contribution in [2.24, 2.45) is 0 Å². The summed E-state index contributed by atoms with van der Waals surface area (Å²) in [7, 11) is 2.06. The van der Waals surface area contributed by atoms with Gasteiger partial charge in [-0.2, -0.15) is 5.26 Å². The van der Waals surface area contributed by atoms with Gasteiger partial charge in [0.2, 0.25) is 5.88 Å². The lowest BCUT2D eigenvalue weighted by atomic mass is 10.0. The maximum atomic E-state index is 14.7. The maximum Gasteiger partial charge on any atom is 0.282 e. The zero-order chi connectivity index (χ0) is 28.4. The first-order chi connectivity index (χ1) is 19.3. The predicted molar refractivity (Wildman–Crippen MR) is 146 cm³/mol. The number of fused-ring (bicyclic) bond motifs is 1. The fourth-order valence-corrected chi connectivity index (χ4v) is 5.47. The van der Waals surface area contributed by atoms with Crippen molar-refractivity contribution < 1.29 is 23.4 Å². The van der Waals surface area contributed by atoms with Crippen LogP contribution >= 0.6 is 0 Å². The Hall–Kier alpha value is -4.30. The fraction of sp³-hybridized carbons (Fsp3) is 0.379. The monoisotopic (exact) mass is 548 g/mol. The van der Waals surface area contributed by atoms with Crippen molar-refractivity contribution in [3.8, 4) is 28.8 Å². The van der Waals surface area contributed by atoms with E-state index < -0.39 is 23.6 Å². The SMILES string of the molecule is C=C(F)C(=O)N1CCN(c2cc(OC[C@@H]3CCCN3C)nc3cc(-c4c(O)cccc4F)cnc23)CC1CC#N. The van der Waals surface area contributed by atoms with E-state index in [1.54, 1.807) is 12.1 Å². The van der Waals surface area contributed by atoms with E-state index in [0.717, 1.165) is 19.4 Å². The van der Waals surface area contributed by atoms with E-state index in [1.165, 1.54) is 29.3 Å². The molecule has 11 heteroatoms. The molecule has 9 nitrogen and oxygen atoms in total. The molecular formula is C29H30F2N6O3. The maximum absolute atomic E-state index is 14.7. The lowest BCUT2D eigenvalue weighted by Gasteiger charge is -2.41. The van der Waals surface area contributed by atoms with Crippen molar-refractivity contribution in [2.45, 2.75) is 31.3 Å². The summed E-state index contributed by atoms with van der Waals surface area (Å²) in [5.41, 5.74) is 1.98. The van der Waals surface area contributed by atoms with Crippen LogP contribution in [0.3, 0.4) is 0 Å². The van der Waals surface area contributed by atoms with Gasteiger partial charge in [0.25, 0.3) is 5.91 Å². The third-order valence-electron chi connectivity index (χ3n) is 7.62. The van der Waals surface area contributed by atoms with Crippen LogP contribution in [0.4, 0.5) is 14.5 Å². The molecule has 1 unspecified atom stereocenters. The highest BCUT2D eigenvalue weighted by molar-refractivity contribution is 5.93. The highest BCUT2D eigenvalue weighted by Gasteiger charge is 2.33. The lowest BCUT2D eigenvalue weighted by Crippen LogP contribution is -2.55. The Kier molecular flexibility index (Phi) is 7.80. The molecule has 2 aromatic heterocycles. The van der Waals surface area contributed by atoms with Crippen LogP contribution in [0.25, 0.3) is 22.2 Å². The number of phenolic OH excluding ortho intramolecular Hbond substituents is 1. The average Bonchev–Trinajstić information content (AvgIpc) is 3.35. The first kappa shape index (κ1) is 27.3. The second-order valence-electron chi connectivity index (χ2n) is 10.2. The van der Waals surface area contributed by atoms with E-state index >= 15 is 0 Å². The fourth-order valence-electron chi connectivity index (χ4n) is 5.47. The molecule has 0 saturated carbocycles. The molecule has 0 aliphatic carbocycles. The van der Waals surface area contributed by atoms with Gasteiger partial charge in [-0.25, -0.2) is 13.8 Å². The van der Waals surface area contributed by atoms with Gasteiger partial charge in [0.1, 0.15) is 23.7 Å². The average molecular weight is 549 g/mol. The summed E-state index contributed by atoms with van der Waals surface area (Å²) >= 11 is 0. The molecule has 1 N–H and O–H groups in total. The minimum absolute atomic E-state index is 0.0139. The van der Waals surface area contributed by atoms with Crippen LogP contribution in [0, 0.1) is 17.1 Å². The highest BCUT2D eigenvalue weighted by atomic mass is 19.1. The van der Waals surface area contributed by atoms with Crippen LogP contribution < -0.4 is 9.64 Å². The molecule has 1 aromatic carbocycles. The molecular weight excluding hydrogens is 518 g/mol. The number of benzene rings is 1. The number of nitrogens with zero attached hydrogens (tertiary/aromatic N) is 6. The molecule has 2 aliphatic rings. The number of carbonyl (C=O) groups excluding carboxylic acids is 1. The van der Waals surface area contributed by atoms with Gasteiger partial charge in [-0.3, -0.25) is 9.78 Å². The topological polar surface area (TPSA) is 106 Å². The van der Waals surface area contributed by atoms with Gasteiger partial charge in [-0.1, -0.05) is 12.6 Å². The number of carbonyl (C=O) groups is 1. The molecule has 2 saturated heterocycles. The quantitative estimate of drug-likeness (QED) is 0.442. The van der Waals surface area contributed by atoms with Crippen molar-refractivity contribution in [3.63, 3.8) is 0 Å². The largest absolute Gasteiger partial charge is 0.507 e. The molecule has 3 aromatic rings. The molecule has 0 bridgehead atoms. The van der Waals surface area contributed by atoms with Crippen LogP contribution in [0.1, 0.15) is 19.3 Å². The Morgan fingerprint density at radius 1 is 1.27 bits per heavy atom. The van der Waals surface area contributed by atoms with Crippen LogP contribution in [0.15, 0.2) is 48.9 Å². The van der Waals surface area contributed by atoms with Crippen molar-refractivity contribution in [2.75, 3.05) is 44.7 Å². The number of piperazine rings is 1. The number of amides is 1. The summed E-state index contributed by atoms with van der Waals surface area (Å²) in [6.07, 6.45) is 3.59. The second-order valence-corrected chi connectivity index (χ2v) is 10.2. The molecule has 208 valence electrons. The molecule has 1 amide bonds. The predicted octanol–water partition coefficient (Wildman–Crippen LogP) is 4.03. The van der Waals surface area contributed by atoms with Crippen LogP contribution in [0.5, 0.6) is 11.6 Å². The number of hydrogen-bond acceptors (Lipinski definition) is 8. The molecule has 5 rings (SSSR count). The van der Waals surface area contributed by atoms with Crippen molar-refractivity contribution in [3.05, 3.63) is 54.8 Å². The molecule has 0 radical (unpaired) electrons. The van der Waals surface area contributed by atoms with Gasteiger partial charge in [0, 0.05) is 43.5 Å². The summed E-state index contributed by atoms with van der Waals surface area (Å²) in [5.74, 6) is -2.34. The normalized spacial score (nSPS) is 19.6. The number of rotatable bonds is 7. The minimum atomic E-state index is -1.07. The van der Waals surface area contributed by atoms with Crippen molar-refractivity contribution >= 4 is 22.6 Å². The standard InChI is InChI=1S/C29H30F2N6O3/c1-18(30)29(39)37-12-11-36(16-20(37)8-9-32)24-14-26(40-17-21-5-4-10-35(21)2)34-23-13-19(15-33-28(23)24)27-22(31)6-3-7-25(27)38/h3,6-7,13-15,20-21,38H,1,4-5,8,10-12,16-17H2,2H3/t20?,21-/m0/s1. The van der Waals surface area contributed by atoms with Crippen LogP contribution in [0.2, 0.25) is 0 Å². The van der Waals surface area contributed by atoms with Crippen LogP contribution in [-0.2, 0) is 4.79 Å². The van der Waals surface area contributed by atoms with Gasteiger partial charge in [0.05, 0.1) is 35.3 Å². The number of ether oxygens (including phenoxy) is 1. The number of pyridine rings is 2. The summed E-state index contributed by atoms with van der Waals surface area (Å²) < 4.78 is 34.5. The number of halogens is 2. The lowest BCUT2D eigenvalue weighted by molar-refractivity contribution is -0.131. The van der Waals surface area contributed by atoms with E-state index in [9.17, 15) is 23.9 Å². The Morgan fingerprint density at radius 2 is 2.10 bits per heavy atom. The Morgan fingerprint density at radius 3 is 2.80 bits per heavy atom. The van der Waals surface area contributed by atoms with E-state index in [-0.39, 0.29) is 36.9 Å². The Balaban J connectivity index is 1.54. The highest BCUT2D eigenvalue weighted by Crippen LogP contribution is 2.36. The first-order valence-corrected chi connectivity index (χ1v) is 13.2. The minimum Gasteiger partial charge on any atom is -0.507 e. The van der Waals surface area contributed by atoms with Crippen molar-refractivity contribution in [1.82, 2.24) is 19.8 Å². The van der Waals surface area contributed by atoms with Crippen molar-refractivity contribution in [1.29, 1.82) is 5.26 Å². The summed E-state index contributed by atoms with van der Waals surface area (Å²) in [6.45, 7) is 5.35. The number of aromatic nitrogens is 2.